The topological polar surface area (TPSA) is 89.3 Å². The van der Waals surface area contributed by atoms with Crippen molar-refractivity contribution in [2.24, 2.45) is 5.73 Å². The van der Waals surface area contributed by atoms with Gasteiger partial charge in [0.25, 0.3) is 0 Å². The van der Waals surface area contributed by atoms with E-state index < -0.39 is 15.9 Å². The van der Waals surface area contributed by atoms with Gasteiger partial charge in [-0.1, -0.05) is 6.92 Å². The van der Waals surface area contributed by atoms with Gasteiger partial charge in [-0.05, 0) is 6.42 Å². The number of hydrogen-bond donors (Lipinski definition) is 2. The zero-order chi connectivity index (χ0) is 10.5. The maximum atomic E-state index is 11.0. The van der Waals surface area contributed by atoms with E-state index in [1.54, 1.807) is 6.92 Å². The summed E-state index contributed by atoms with van der Waals surface area (Å²) in [4.78, 5) is 11.0. The summed E-state index contributed by atoms with van der Waals surface area (Å²) in [6.07, 6.45) is 1.67. The van der Waals surface area contributed by atoms with Crippen molar-refractivity contribution in [3.63, 3.8) is 0 Å². The highest BCUT2D eigenvalue weighted by Crippen LogP contribution is 1.86. The number of carbonyl (C=O) groups excluding carboxylic acids is 1. The van der Waals surface area contributed by atoms with Gasteiger partial charge in [0.05, 0.1) is 11.8 Å². The fourth-order valence-corrected chi connectivity index (χ4v) is 1.15. The molecule has 0 aliphatic rings. The largest absolute Gasteiger partial charge is 0.354 e. The van der Waals surface area contributed by atoms with E-state index in [2.05, 4.69) is 5.32 Å². The first-order chi connectivity index (χ1) is 5.87. The van der Waals surface area contributed by atoms with Crippen molar-refractivity contribution in [1.29, 1.82) is 0 Å². The molecule has 3 N–H and O–H groups in total. The molecule has 0 aromatic rings. The molecule has 0 spiro atoms. The molecule has 0 aliphatic heterocycles. The van der Waals surface area contributed by atoms with Crippen LogP contribution in [0.3, 0.4) is 0 Å². The lowest BCUT2D eigenvalue weighted by Crippen LogP contribution is -2.41. The van der Waals surface area contributed by atoms with Crippen LogP contribution in [-0.2, 0) is 14.6 Å². The monoisotopic (exact) mass is 208 g/mol. The summed E-state index contributed by atoms with van der Waals surface area (Å²) in [7, 11) is -3.01. The van der Waals surface area contributed by atoms with Crippen LogP contribution in [0.1, 0.15) is 13.3 Å². The second-order valence-electron chi connectivity index (χ2n) is 2.94. The number of rotatable bonds is 5. The van der Waals surface area contributed by atoms with Gasteiger partial charge in [0.2, 0.25) is 5.91 Å². The number of hydrogen-bond acceptors (Lipinski definition) is 4. The third kappa shape index (κ3) is 6.53. The zero-order valence-corrected chi connectivity index (χ0v) is 8.73. The Morgan fingerprint density at radius 3 is 2.46 bits per heavy atom. The highest BCUT2D eigenvalue weighted by atomic mass is 32.2. The van der Waals surface area contributed by atoms with Crippen molar-refractivity contribution >= 4 is 15.7 Å². The van der Waals surface area contributed by atoms with Crippen molar-refractivity contribution in [1.82, 2.24) is 5.32 Å². The normalized spacial score (nSPS) is 13.8. The molecule has 78 valence electrons. The smallest absolute Gasteiger partial charge is 0.236 e. The molecule has 0 aromatic heterocycles. The number of sulfone groups is 1. The van der Waals surface area contributed by atoms with Crippen LogP contribution in [0.25, 0.3) is 0 Å². The van der Waals surface area contributed by atoms with Crippen LogP contribution >= 0.6 is 0 Å². The molecule has 0 saturated heterocycles. The summed E-state index contributed by atoms with van der Waals surface area (Å²) in [6, 6.07) is -0.542. The minimum atomic E-state index is -3.01. The van der Waals surface area contributed by atoms with Gasteiger partial charge in [-0.25, -0.2) is 8.42 Å². The second-order valence-corrected chi connectivity index (χ2v) is 5.20. The number of nitrogens with two attached hydrogens (primary N) is 1. The summed E-state index contributed by atoms with van der Waals surface area (Å²) in [5.41, 5.74) is 5.40. The molecule has 5 nitrogen and oxygen atoms in total. The quantitative estimate of drug-likeness (QED) is 0.599. The molecule has 6 heteroatoms. The van der Waals surface area contributed by atoms with Gasteiger partial charge in [0.1, 0.15) is 9.84 Å². The molecule has 1 atom stereocenters. The van der Waals surface area contributed by atoms with Crippen molar-refractivity contribution in [3.05, 3.63) is 0 Å². The summed E-state index contributed by atoms with van der Waals surface area (Å²) in [5, 5.41) is 2.45. The van der Waals surface area contributed by atoms with Gasteiger partial charge in [-0.15, -0.1) is 0 Å². The lowest BCUT2D eigenvalue weighted by molar-refractivity contribution is -0.122. The Morgan fingerprint density at radius 2 is 2.08 bits per heavy atom. The Balaban J connectivity index is 3.72. The third-order valence-electron chi connectivity index (χ3n) is 1.55. The maximum Gasteiger partial charge on any atom is 0.236 e. The average Bonchev–Trinajstić information content (AvgIpc) is 2.00. The second kappa shape index (κ2) is 5.18. The Morgan fingerprint density at radius 1 is 1.54 bits per heavy atom. The zero-order valence-electron chi connectivity index (χ0n) is 7.91. The molecule has 0 aromatic carbocycles. The van der Waals surface area contributed by atoms with Crippen LogP contribution in [0.4, 0.5) is 0 Å². The van der Waals surface area contributed by atoms with E-state index in [1.165, 1.54) is 0 Å². The van der Waals surface area contributed by atoms with Gasteiger partial charge in [-0.3, -0.25) is 4.79 Å². The number of carbonyl (C=O) groups is 1. The first-order valence-corrected chi connectivity index (χ1v) is 6.14. The Kier molecular flexibility index (Phi) is 4.94. The molecular formula is C7H16N2O3S. The number of amides is 1. The van der Waals surface area contributed by atoms with E-state index in [1.807, 2.05) is 0 Å². The minimum Gasteiger partial charge on any atom is -0.354 e. The summed E-state index contributed by atoms with van der Waals surface area (Å²) in [5.74, 6) is -0.346. The molecule has 0 fully saturated rings. The van der Waals surface area contributed by atoms with Crippen LogP contribution in [0, 0.1) is 0 Å². The van der Waals surface area contributed by atoms with Crippen LogP contribution in [-0.4, -0.2) is 38.9 Å². The lowest BCUT2D eigenvalue weighted by Gasteiger charge is -2.08. The number of nitrogens with one attached hydrogen (secondary N) is 1. The molecule has 0 rings (SSSR count). The fraction of sp³-hybridized carbons (Fsp3) is 0.857. The molecule has 0 unspecified atom stereocenters. The van der Waals surface area contributed by atoms with E-state index in [-0.39, 0.29) is 18.2 Å². The van der Waals surface area contributed by atoms with Crippen LogP contribution in [0.2, 0.25) is 0 Å². The molecule has 0 aliphatic carbocycles. The average molecular weight is 208 g/mol. The third-order valence-corrected chi connectivity index (χ3v) is 2.49. The van der Waals surface area contributed by atoms with Crippen LogP contribution < -0.4 is 11.1 Å². The van der Waals surface area contributed by atoms with E-state index in [9.17, 15) is 13.2 Å². The Bertz CT molecular complexity index is 261. The Labute approximate surface area is 78.6 Å². The maximum absolute atomic E-state index is 11.0. The molecule has 0 saturated carbocycles. The molecule has 0 radical (unpaired) electrons. The SMILES string of the molecule is CC[C@H](N)C(=O)NCCS(C)(=O)=O. The minimum absolute atomic E-state index is 0.0465. The van der Waals surface area contributed by atoms with Crippen molar-refractivity contribution in [3.8, 4) is 0 Å². The van der Waals surface area contributed by atoms with Gasteiger partial charge in [0.15, 0.2) is 0 Å². The highest BCUT2D eigenvalue weighted by Gasteiger charge is 2.10. The van der Waals surface area contributed by atoms with Crippen molar-refractivity contribution in [2.75, 3.05) is 18.6 Å². The predicted octanol–water partition coefficient (Wildman–Crippen LogP) is -1.12. The summed E-state index contributed by atoms with van der Waals surface area (Å²) >= 11 is 0. The molecule has 0 heterocycles. The van der Waals surface area contributed by atoms with Gasteiger partial charge in [0, 0.05) is 12.8 Å². The van der Waals surface area contributed by atoms with Crippen molar-refractivity contribution < 1.29 is 13.2 Å². The molecular weight excluding hydrogens is 192 g/mol. The standard InChI is InChI=1S/C7H16N2O3S/c1-3-6(8)7(10)9-4-5-13(2,11)12/h6H,3-5,8H2,1-2H3,(H,9,10)/t6-/m0/s1. The van der Waals surface area contributed by atoms with Crippen molar-refractivity contribution in [2.45, 2.75) is 19.4 Å². The van der Waals surface area contributed by atoms with E-state index >= 15 is 0 Å². The first kappa shape index (κ1) is 12.4. The Hall–Kier alpha value is -0.620. The first-order valence-electron chi connectivity index (χ1n) is 4.08. The van der Waals surface area contributed by atoms with Gasteiger partial charge in [-0.2, -0.15) is 0 Å². The highest BCUT2D eigenvalue weighted by molar-refractivity contribution is 7.90. The predicted molar refractivity (Wildman–Crippen MR) is 51.0 cm³/mol. The van der Waals surface area contributed by atoms with E-state index in [4.69, 9.17) is 5.73 Å². The van der Waals surface area contributed by atoms with E-state index in [0.29, 0.717) is 6.42 Å². The molecule has 1 amide bonds. The van der Waals surface area contributed by atoms with E-state index in [0.717, 1.165) is 6.26 Å². The van der Waals surface area contributed by atoms with Gasteiger partial charge >= 0.3 is 0 Å². The lowest BCUT2D eigenvalue weighted by atomic mass is 10.2. The summed E-state index contributed by atoms with van der Waals surface area (Å²) in [6.45, 7) is 1.92. The van der Waals surface area contributed by atoms with Crippen LogP contribution in [0.5, 0.6) is 0 Å². The van der Waals surface area contributed by atoms with Crippen LogP contribution in [0.15, 0.2) is 0 Å². The fourth-order valence-electron chi connectivity index (χ4n) is 0.676. The summed E-state index contributed by atoms with van der Waals surface area (Å²) < 4.78 is 21.3. The molecule has 13 heavy (non-hydrogen) atoms. The van der Waals surface area contributed by atoms with Gasteiger partial charge < -0.3 is 11.1 Å². The molecule has 0 bridgehead atoms.